The molecule has 2 atom stereocenters. The van der Waals surface area contributed by atoms with Crippen LogP contribution in [0.2, 0.25) is 0 Å². The molecule has 0 spiro atoms. The van der Waals surface area contributed by atoms with E-state index in [-0.39, 0.29) is 42.8 Å². The van der Waals surface area contributed by atoms with Crippen molar-refractivity contribution in [3.8, 4) is 0 Å². The Morgan fingerprint density at radius 2 is 2.00 bits per heavy atom. The van der Waals surface area contributed by atoms with E-state index >= 15 is 0 Å². The Morgan fingerprint density at radius 1 is 1.18 bits per heavy atom. The topological polar surface area (TPSA) is 87.7 Å². The average molecular weight is 408 g/mol. The molecule has 0 bridgehead atoms. The smallest absolute Gasteiger partial charge is 0.261 e. The molecule has 7 nitrogen and oxygen atoms in total. The first-order valence-electron chi connectivity index (χ1n) is 9.74. The van der Waals surface area contributed by atoms with Crippen molar-refractivity contribution in [2.24, 2.45) is 5.92 Å². The highest BCUT2D eigenvalue weighted by Gasteiger charge is 2.37. The summed E-state index contributed by atoms with van der Waals surface area (Å²) in [6, 6.07) is 4.75. The van der Waals surface area contributed by atoms with Gasteiger partial charge in [0.15, 0.2) is 0 Å². The van der Waals surface area contributed by atoms with Crippen molar-refractivity contribution in [2.45, 2.75) is 31.8 Å². The molecule has 2 fully saturated rings. The molecule has 3 aliphatic rings. The van der Waals surface area contributed by atoms with Gasteiger partial charge in [0.05, 0.1) is 23.8 Å². The number of hydrogen-bond donors (Lipinski definition) is 2. The molecule has 4 rings (SSSR count). The maximum atomic E-state index is 12.7. The highest BCUT2D eigenvalue weighted by atomic mass is 35.5. The number of benzene rings is 1. The second-order valence-electron chi connectivity index (χ2n) is 7.54. The van der Waals surface area contributed by atoms with Gasteiger partial charge < -0.3 is 15.4 Å². The number of piperidine rings is 1. The van der Waals surface area contributed by atoms with Crippen LogP contribution in [0.1, 0.15) is 56.8 Å². The zero-order valence-electron chi connectivity index (χ0n) is 15.7. The first-order chi connectivity index (χ1) is 13.1. The molecule has 0 radical (unpaired) electrons. The predicted octanol–water partition coefficient (Wildman–Crippen LogP) is 1.61. The number of fused-ring (bicyclic) bond motifs is 1. The summed E-state index contributed by atoms with van der Waals surface area (Å²) in [4.78, 5) is 39.0. The lowest BCUT2D eigenvalue weighted by Gasteiger charge is -2.22. The van der Waals surface area contributed by atoms with Crippen molar-refractivity contribution in [3.63, 3.8) is 0 Å². The number of rotatable bonds is 5. The Morgan fingerprint density at radius 3 is 2.71 bits per heavy atom. The van der Waals surface area contributed by atoms with Crippen LogP contribution in [0, 0.1) is 5.92 Å². The van der Waals surface area contributed by atoms with Crippen molar-refractivity contribution >= 4 is 30.1 Å². The van der Waals surface area contributed by atoms with Crippen molar-refractivity contribution in [1.29, 1.82) is 0 Å². The van der Waals surface area contributed by atoms with E-state index < -0.39 is 0 Å². The lowest BCUT2D eigenvalue weighted by Crippen LogP contribution is -2.38. The third-order valence-corrected chi connectivity index (χ3v) is 5.59. The number of nitrogens with zero attached hydrogens (tertiary/aromatic N) is 1. The second-order valence-corrected chi connectivity index (χ2v) is 7.54. The first kappa shape index (κ1) is 20.8. The van der Waals surface area contributed by atoms with Gasteiger partial charge in [-0.1, -0.05) is 0 Å². The highest BCUT2D eigenvalue weighted by Crippen LogP contribution is 2.26. The SMILES string of the molecule is Cl.O=C(NCC1CCCNC1)c1ccc2c(c1)C(=O)N(CC1CCCO1)C2=O. The van der Waals surface area contributed by atoms with E-state index in [1.807, 2.05) is 0 Å². The molecule has 2 unspecified atom stereocenters. The fraction of sp³-hybridized carbons (Fsp3) is 0.550. The third kappa shape index (κ3) is 4.21. The summed E-state index contributed by atoms with van der Waals surface area (Å²) < 4.78 is 5.55. The number of halogens is 1. The molecule has 3 amide bonds. The summed E-state index contributed by atoms with van der Waals surface area (Å²) in [7, 11) is 0. The Kier molecular flexibility index (Phi) is 6.69. The molecular weight excluding hydrogens is 382 g/mol. The van der Waals surface area contributed by atoms with Gasteiger partial charge in [0.25, 0.3) is 17.7 Å². The largest absolute Gasteiger partial charge is 0.376 e. The van der Waals surface area contributed by atoms with Gasteiger partial charge in [0, 0.05) is 18.7 Å². The third-order valence-electron chi connectivity index (χ3n) is 5.59. The molecule has 152 valence electrons. The molecule has 1 aromatic rings. The van der Waals surface area contributed by atoms with Crippen LogP contribution in [0.25, 0.3) is 0 Å². The Hall–Kier alpha value is -1.96. The fourth-order valence-electron chi connectivity index (χ4n) is 4.03. The van der Waals surface area contributed by atoms with Crippen LogP contribution < -0.4 is 10.6 Å². The van der Waals surface area contributed by atoms with Gasteiger partial charge >= 0.3 is 0 Å². The zero-order chi connectivity index (χ0) is 18.8. The number of carbonyl (C=O) groups excluding carboxylic acids is 3. The van der Waals surface area contributed by atoms with Gasteiger partial charge in [-0.2, -0.15) is 0 Å². The predicted molar refractivity (Wildman–Crippen MR) is 106 cm³/mol. The molecule has 1 aromatic carbocycles. The number of amides is 3. The molecule has 2 N–H and O–H groups in total. The Labute approximate surface area is 170 Å². The van der Waals surface area contributed by atoms with Gasteiger partial charge in [0.1, 0.15) is 0 Å². The number of ether oxygens (including phenoxy) is 1. The molecule has 3 aliphatic heterocycles. The van der Waals surface area contributed by atoms with Crippen LogP contribution in [-0.2, 0) is 4.74 Å². The van der Waals surface area contributed by atoms with Gasteiger partial charge in [-0.15, -0.1) is 12.4 Å². The van der Waals surface area contributed by atoms with Crippen LogP contribution in [0.15, 0.2) is 18.2 Å². The molecule has 0 aromatic heterocycles. The summed E-state index contributed by atoms with van der Waals surface area (Å²) in [6.07, 6.45) is 3.95. The van der Waals surface area contributed by atoms with Gasteiger partial charge in [0.2, 0.25) is 0 Å². The minimum absolute atomic E-state index is 0. The molecule has 28 heavy (non-hydrogen) atoms. The maximum Gasteiger partial charge on any atom is 0.261 e. The van der Waals surface area contributed by atoms with Gasteiger partial charge in [-0.05, 0) is 62.9 Å². The summed E-state index contributed by atoms with van der Waals surface area (Å²) in [5, 5.41) is 6.28. The summed E-state index contributed by atoms with van der Waals surface area (Å²) in [6.45, 7) is 3.52. The van der Waals surface area contributed by atoms with Crippen LogP contribution >= 0.6 is 12.4 Å². The van der Waals surface area contributed by atoms with E-state index in [1.54, 1.807) is 18.2 Å². The normalized spacial score (nSPS) is 24.1. The van der Waals surface area contributed by atoms with E-state index in [0.717, 1.165) is 38.8 Å². The van der Waals surface area contributed by atoms with Crippen LogP contribution in [-0.4, -0.2) is 61.5 Å². The summed E-state index contributed by atoms with van der Waals surface area (Å²) >= 11 is 0. The van der Waals surface area contributed by atoms with Crippen molar-refractivity contribution in [3.05, 3.63) is 34.9 Å². The minimum atomic E-state index is -0.336. The van der Waals surface area contributed by atoms with Gasteiger partial charge in [-0.3, -0.25) is 19.3 Å². The highest BCUT2D eigenvalue weighted by molar-refractivity contribution is 6.22. The van der Waals surface area contributed by atoms with E-state index in [0.29, 0.717) is 35.8 Å². The maximum absolute atomic E-state index is 12.7. The molecular formula is C20H26ClN3O4. The second kappa shape index (κ2) is 9.03. The molecule has 0 aliphatic carbocycles. The molecule has 8 heteroatoms. The molecule has 2 saturated heterocycles. The summed E-state index contributed by atoms with van der Waals surface area (Å²) in [5.41, 5.74) is 1.09. The number of imide groups is 1. The van der Waals surface area contributed by atoms with E-state index in [2.05, 4.69) is 10.6 Å². The van der Waals surface area contributed by atoms with Crippen LogP contribution in [0.3, 0.4) is 0 Å². The lowest BCUT2D eigenvalue weighted by atomic mass is 9.99. The lowest BCUT2D eigenvalue weighted by molar-refractivity contribution is 0.0475. The van der Waals surface area contributed by atoms with Crippen molar-refractivity contribution < 1.29 is 19.1 Å². The minimum Gasteiger partial charge on any atom is -0.376 e. The number of carbonyl (C=O) groups is 3. The van der Waals surface area contributed by atoms with Crippen LogP contribution in [0.4, 0.5) is 0 Å². The Bertz CT molecular complexity index is 758. The quantitative estimate of drug-likeness (QED) is 0.724. The zero-order valence-corrected chi connectivity index (χ0v) is 16.6. The van der Waals surface area contributed by atoms with Crippen molar-refractivity contribution in [1.82, 2.24) is 15.5 Å². The fourth-order valence-corrected chi connectivity index (χ4v) is 4.03. The monoisotopic (exact) mass is 407 g/mol. The number of hydrogen-bond acceptors (Lipinski definition) is 5. The summed E-state index contributed by atoms with van der Waals surface area (Å²) in [5.74, 6) is -0.411. The number of nitrogens with one attached hydrogen (secondary N) is 2. The molecule has 0 saturated carbocycles. The van der Waals surface area contributed by atoms with Crippen LogP contribution in [0.5, 0.6) is 0 Å². The van der Waals surface area contributed by atoms with E-state index in [4.69, 9.17) is 4.74 Å². The van der Waals surface area contributed by atoms with E-state index in [1.165, 1.54) is 4.90 Å². The first-order valence-corrected chi connectivity index (χ1v) is 9.74. The standard InChI is InChI=1S/C20H25N3O4.ClH/c24-18(22-11-13-3-1-7-21-10-13)14-5-6-16-17(9-14)20(26)23(19(16)25)12-15-4-2-8-27-15;/h5-6,9,13,15,21H,1-4,7-8,10-12H2,(H,22,24);1H. The van der Waals surface area contributed by atoms with E-state index in [9.17, 15) is 14.4 Å². The average Bonchev–Trinajstić information content (AvgIpc) is 3.30. The Balaban J connectivity index is 0.00000225. The van der Waals surface area contributed by atoms with Crippen molar-refractivity contribution in [2.75, 3.05) is 32.8 Å². The van der Waals surface area contributed by atoms with Gasteiger partial charge in [-0.25, -0.2) is 0 Å². The molecule has 3 heterocycles.